The highest BCUT2D eigenvalue weighted by molar-refractivity contribution is 5.91. The highest BCUT2D eigenvalue weighted by Crippen LogP contribution is 2.32. The van der Waals surface area contributed by atoms with E-state index in [-0.39, 0.29) is 23.8 Å². The Bertz CT molecular complexity index is 1170. The van der Waals surface area contributed by atoms with E-state index >= 15 is 0 Å². The zero-order chi connectivity index (χ0) is 25.2. The second-order valence-corrected chi connectivity index (χ2v) is 8.00. The molecule has 2 atom stereocenters. The van der Waals surface area contributed by atoms with Crippen molar-refractivity contribution < 1.29 is 14.6 Å². The van der Waals surface area contributed by atoms with Gasteiger partial charge in [-0.1, -0.05) is 74.0 Å². The molecule has 0 fully saturated rings. The predicted molar refractivity (Wildman–Crippen MR) is 137 cm³/mol. The molecule has 182 valence electrons. The molecule has 35 heavy (non-hydrogen) atoms. The van der Waals surface area contributed by atoms with Crippen LogP contribution in [0.1, 0.15) is 48.9 Å². The van der Waals surface area contributed by atoms with E-state index in [1.165, 1.54) is 12.3 Å². The lowest BCUT2D eigenvalue weighted by Crippen LogP contribution is -2.38. The minimum Gasteiger partial charge on any atom is -0.493 e. The number of hydrogen-bond donors (Lipinski definition) is 2. The number of hydrogen-bond acceptors (Lipinski definition) is 6. The maximum atomic E-state index is 10.9. The number of aliphatic hydroxyl groups is 1. The Morgan fingerprint density at radius 3 is 2.37 bits per heavy atom. The number of rotatable bonds is 7. The van der Waals surface area contributed by atoms with Gasteiger partial charge in [-0.05, 0) is 25.0 Å². The first-order chi connectivity index (χ1) is 16.9. The van der Waals surface area contributed by atoms with E-state index in [4.69, 9.17) is 10.5 Å². The molecule has 1 aliphatic heterocycles. The van der Waals surface area contributed by atoms with Crippen LogP contribution in [0.5, 0.6) is 0 Å². The van der Waals surface area contributed by atoms with E-state index in [0.717, 1.165) is 24.0 Å². The highest BCUT2D eigenvalue weighted by Gasteiger charge is 2.30. The van der Waals surface area contributed by atoms with Gasteiger partial charge in [0, 0.05) is 17.8 Å². The molecule has 3 N–H and O–H groups in total. The predicted octanol–water partition coefficient (Wildman–Crippen LogP) is 4.88. The van der Waals surface area contributed by atoms with Gasteiger partial charge in [-0.15, -0.1) is 0 Å². The van der Waals surface area contributed by atoms with Crippen molar-refractivity contribution in [2.24, 2.45) is 10.7 Å². The fraction of sp³-hybridized carbons (Fsp3) is 0.259. The Labute approximate surface area is 205 Å². The van der Waals surface area contributed by atoms with Crippen LogP contribution in [-0.4, -0.2) is 44.9 Å². The average Bonchev–Trinajstić information content (AvgIpc) is 2.89. The fourth-order valence-corrected chi connectivity index (χ4v) is 3.79. The smallest absolute Gasteiger partial charge is 0.267 e. The van der Waals surface area contributed by atoms with Gasteiger partial charge >= 0.3 is 0 Å². The Balaban J connectivity index is 0.000000203. The molecule has 2 unspecified atom stereocenters. The summed E-state index contributed by atoms with van der Waals surface area (Å²) in [5, 5.41) is 9.84. The lowest BCUT2D eigenvalue weighted by Gasteiger charge is -2.38. The summed E-state index contributed by atoms with van der Waals surface area (Å²) in [6.45, 7) is 4.32. The molecular weight excluding hydrogens is 442 g/mol. The Kier molecular flexibility index (Phi) is 8.95. The maximum absolute atomic E-state index is 10.9. The van der Waals surface area contributed by atoms with Crippen LogP contribution in [0.25, 0.3) is 11.4 Å². The van der Waals surface area contributed by atoms with Crippen LogP contribution in [-0.2, 0) is 4.74 Å². The second kappa shape index (κ2) is 12.3. The summed E-state index contributed by atoms with van der Waals surface area (Å²) in [4.78, 5) is 25.5. The van der Waals surface area contributed by atoms with Crippen LogP contribution in [0.3, 0.4) is 0 Å². The minimum atomic E-state index is -0.547. The van der Waals surface area contributed by atoms with Crippen molar-refractivity contribution >= 4 is 11.8 Å². The van der Waals surface area contributed by atoms with Crippen LogP contribution >= 0.6 is 0 Å². The number of aliphatic imine (C=N–C) groups is 1. The summed E-state index contributed by atoms with van der Waals surface area (Å²) in [5.74, 6) is 0.629. The number of carbonyl (C=O) groups excluding carboxylic acids is 1. The van der Waals surface area contributed by atoms with Gasteiger partial charge in [0.1, 0.15) is 5.69 Å². The van der Waals surface area contributed by atoms with E-state index in [1.54, 1.807) is 13.2 Å². The van der Waals surface area contributed by atoms with E-state index in [0.29, 0.717) is 11.7 Å². The van der Waals surface area contributed by atoms with Gasteiger partial charge in [-0.2, -0.15) is 0 Å². The van der Waals surface area contributed by atoms with Crippen LogP contribution in [0.4, 0.5) is 0 Å². The zero-order valence-corrected chi connectivity index (χ0v) is 20.2. The molecule has 3 aromatic rings. The van der Waals surface area contributed by atoms with Gasteiger partial charge in [-0.25, -0.2) is 15.0 Å². The first-order valence-electron chi connectivity index (χ1n) is 11.5. The standard InChI is InChI=1S/C16H22N2O2.C11H9N3O/c1-4-8-12(2)18-15(20-3)11-14(19)17-16(18)13-9-6-5-7-10-13;12-10(15)9-6-7-13-11(14-9)8-4-2-1-3-5-8/h5-7,9-12,16H,4,8H2,1-3H3,(H,17,19);1-7H,(H2,12,15). The molecule has 8 nitrogen and oxygen atoms in total. The second-order valence-electron chi connectivity index (χ2n) is 8.00. The SMILES string of the molecule is CCCC(C)N1C(OC)=CC(O)=NC1c1ccccc1.NC(=O)c1ccnc(-c2ccccc2)n1. The number of aromatic nitrogens is 2. The van der Waals surface area contributed by atoms with Crippen LogP contribution < -0.4 is 5.73 Å². The normalized spacial score (nSPS) is 15.7. The van der Waals surface area contributed by atoms with Crippen LogP contribution in [0, 0.1) is 0 Å². The third kappa shape index (κ3) is 6.66. The topological polar surface area (TPSA) is 114 Å². The zero-order valence-electron chi connectivity index (χ0n) is 20.2. The molecule has 0 bridgehead atoms. The van der Waals surface area contributed by atoms with Crippen molar-refractivity contribution in [1.82, 2.24) is 14.9 Å². The molecule has 0 radical (unpaired) electrons. The molecule has 1 aliphatic rings. The number of aliphatic hydroxyl groups excluding tert-OH is 1. The average molecular weight is 474 g/mol. The molecule has 4 rings (SSSR count). The van der Waals surface area contributed by atoms with Crippen LogP contribution in [0.2, 0.25) is 0 Å². The molecule has 1 aromatic heterocycles. The number of amides is 1. The third-order valence-corrected chi connectivity index (χ3v) is 5.45. The molecular formula is C27H31N5O3. The number of benzene rings is 2. The molecule has 2 heterocycles. The van der Waals surface area contributed by atoms with Gasteiger partial charge in [0.15, 0.2) is 17.9 Å². The number of nitrogens with two attached hydrogens (primary N) is 1. The number of ether oxygens (including phenoxy) is 1. The van der Waals surface area contributed by atoms with Crippen molar-refractivity contribution in [2.45, 2.75) is 38.9 Å². The van der Waals surface area contributed by atoms with E-state index in [2.05, 4.69) is 33.7 Å². The minimum absolute atomic E-state index is 0.00986. The first-order valence-corrected chi connectivity index (χ1v) is 11.5. The molecule has 0 spiro atoms. The largest absolute Gasteiger partial charge is 0.493 e. The van der Waals surface area contributed by atoms with Crippen molar-refractivity contribution in [3.63, 3.8) is 0 Å². The summed E-state index contributed by atoms with van der Waals surface area (Å²) in [7, 11) is 1.62. The van der Waals surface area contributed by atoms with Gasteiger partial charge in [0.25, 0.3) is 5.91 Å². The third-order valence-electron chi connectivity index (χ3n) is 5.45. The summed E-state index contributed by atoms with van der Waals surface area (Å²) in [6, 6.07) is 21.2. The summed E-state index contributed by atoms with van der Waals surface area (Å²) in [6.07, 6.45) is 4.99. The Morgan fingerprint density at radius 1 is 1.11 bits per heavy atom. The Morgan fingerprint density at radius 2 is 1.77 bits per heavy atom. The monoisotopic (exact) mass is 473 g/mol. The van der Waals surface area contributed by atoms with Gasteiger partial charge < -0.3 is 20.5 Å². The van der Waals surface area contributed by atoms with Crippen LogP contribution in [0.15, 0.2) is 89.9 Å². The number of carbonyl (C=O) groups is 1. The molecule has 0 aliphatic carbocycles. The van der Waals surface area contributed by atoms with Gasteiger partial charge in [0.2, 0.25) is 5.90 Å². The molecule has 0 saturated carbocycles. The molecule has 8 heteroatoms. The number of methoxy groups -OCH3 is 1. The lowest BCUT2D eigenvalue weighted by molar-refractivity contribution is 0.0774. The summed E-state index contributed by atoms with van der Waals surface area (Å²) < 4.78 is 5.44. The summed E-state index contributed by atoms with van der Waals surface area (Å²) in [5.41, 5.74) is 7.26. The number of primary amides is 1. The van der Waals surface area contributed by atoms with E-state index in [9.17, 15) is 9.90 Å². The first kappa shape index (κ1) is 25.4. The Hall–Kier alpha value is -4.20. The van der Waals surface area contributed by atoms with Crippen molar-refractivity contribution in [3.05, 3.63) is 96.1 Å². The molecule has 2 aromatic carbocycles. The van der Waals surface area contributed by atoms with Crippen molar-refractivity contribution in [1.29, 1.82) is 0 Å². The summed E-state index contributed by atoms with van der Waals surface area (Å²) >= 11 is 0. The van der Waals surface area contributed by atoms with Gasteiger partial charge in [-0.3, -0.25) is 4.79 Å². The van der Waals surface area contributed by atoms with Crippen molar-refractivity contribution in [3.8, 4) is 11.4 Å². The van der Waals surface area contributed by atoms with E-state index in [1.807, 2.05) is 60.7 Å². The molecule has 0 saturated heterocycles. The van der Waals surface area contributed by atoms with Crippen molar-refractivity contribution in [2.75, 3.05) is 7.11 Å². The molecule has 1 amide bonds. The van der Waals surface area contributed by atoms with Gasteiger partial charge in [0.05, 0.1) is 13.2 Å². The lowest BCUT2D eigenvalue weighted by atomic mass is 10.1. The van der Waals surface area contributed by atoms with E-state index < -0.39 is 5.91 Å². The number of nitrogens with zero attached hydrogens (tertiary/aromatic N) is 4. The maximum Gasteiger partial charge on any atom is 0.267 e. The fourth-order valence-electron chi connectivity index (χ4n) is 3.79. The quantitative estimate of drug-likeness (QED) is 0.506. The highest BCUT2D eigenvalue weighted by atomic mass is 16.5.